The van der Waals surface area contributed by atoms with Crippen LogP contribution in [-0.4, -0.2) is 35.6 Å². The highest BCUT2D eigenvalue weighted by Gasteiger charge is 2.30. The lowest BCUT2D eigenvalue weighted by atomic mass is 9.88. The van der Waals surface area contributed by atoms with Crippen LogP contribution in [0.3, 0.4) is 0 Å². The molecule has 1 unspecified atom stereocenters. The summed E-state index contributed by atoms with van der Waals surface area (Å²) in [5, 5.41) is 9.43. The quantitative estimate of drug-likeness (QED) is 0.943. The van der Waals surface area contributed by atoms with E-state index < -0.39 is 0 Å². The molecule has 3 nitrogen and oxygen atoms in total. The summed E-state index contributed by atoms with van der Waals surface area (Å²) < 4.78 is 0. The molecule has 0 spiro atoms. The van der Waals surface area contributed by atoms with Crippen LogP contribution < -0.4 is 0 Å². The number of carbonyl (C=O) groups excluding carboxylic acids is 1. The van der Waals surface area contributed by atoms with Gasteiger partial charge in [-0.25, -0.2) is 0 Å². The van der Waals surface area contributed by atoms with E-state index in [1.807, 2.05) is 65.6 Å². The number of hydrogen-bond donors (Lipinski definition) is 1. The Labute approximate surface area is 137 Å². The number of rotatable bonds is 4. The highest BCUT2D eigenvalue weighted by molar-refractivity contribution is 5.87. The van der Waals surface area contributed by atoms with Gasteiger partial charge in [0.2, 0.25) is 5.91 Å². The average Bonchev–Trinajstić information content (AvgIpc) is 2.64. The van der Waals surface area contributed by atoms with Crippen LogP contribution in [0.4, 0.5) is 0 Å². The van der Waals surface area contributed by atoms with Gasteiger partial charge >= 0.3 is 0 Å². The largest absolute Gasteiger partial charge is 0.396 e. The molecule has 23 heavy (non-hydrogen) atoms. The van der Waals surface area contributed by atoms with Gasteiger partial charge in [-0.1, -0.05) is 60.7 Å². The van der Waals surface area contributed by atoms with Gasteiger partial charge in [-0.2, -0.15) is 0 Å². The van der Waals surface area contributed by atoms with E-state index in [1.165, 1.54) is 0 Å². The zero-order valence-corrected chi connectivity index (χ0v) is 13.3. The van der Waals surface area contributed by atoms with E-state index in [2.05, 4.69) is 0 Å². The number of aliphatic hydroxyl groups is 1. The first-order chi connectivity index (χ1) is 11.3. The zero-order chi connectivity index (χ0) is 16.1. The van der Waals surface area contributed by atoms with E-state index in [9.17, 15) is 9.90 Å². The van der Waals surface area contributed by atoms with Gasteiger partial charge in [0.05, 0.1) is 5.92 Å². The molecule has 1 atom stereocenters. The Hall–Kier alpha value is -2.13. The molecule has 2 aromatic carbocycles. The lowest BCUT2D eigenvalue weighted by Crippen LogP contribution is -2.43. The molecule has 1 heterocycles. The van der Waals surface area contributed by atoms with Crippen LogP contribution >= 0.6 is 0 Å². The summed E-state index contributed by atoms with van der Waals surface area (Å²) in [4.78, 5) is 15.1. The van der Waals surface area contributed by atoms with E-state index in [0.717, 1.165) is 30.5 Å². The molecule has 0 aliphatic carbocycles. The van der Waals surface area contributed by atoms with E-state index >= 15 is 0 Å². The number of likely N-dealkylation sites (tertiary alicyclic amines) is 1. The monoisotopic (exact) mass is 309 g/mol. The number of hydrogen-bond acceptors (Lipinski definition) is 2. The number of aliphatic hydroxyl groups excluding tert-OH is 1. The molecule has 0 radical (unpaired) electrons. The highest BCUT2D eigenvalue weighted by atomic mass is 16.3. The molecule has 1 amide bonds. The third kappa shape index (κ3) is 3.62. The van der Waals surface area contributed by atoms with Crippen LogP contribution in [0.1, 0.15) is 29.9 Å². The van der Waals surface area contributed by atoms with Crippen LogP contribution in [0.2, 0.25) is 0 Å². The number of piperidine rings is 1. The van der Waals surface area contributed by atoms with Gasteiger partial charge < -0.3 is 10.0 Å². The molecule has 1 aliphatic heterocycles. The molecule has 3 heteroatoms. The third-order valence-electron chi connectivity index (χ3n) is 4.60. The van der Waals surface area contributed by atoms with Crippen molar-refractivity contribution in [1.82, 2.24) is 4.90 Å². The second-order valence-electron chi connectivity index (χ2n) is 6.23. The van der Waals surface area contributed by atoms with Gasteiger partial charge in [-0.3, -0.25) is 4.79 Å². The van der Waals surface area contributed by atoms with Crippen LogP contribution in [0.25, 0.3) is 0 Å². The molecular weight excluding hydrogens is 286 g/mol. The topological polar surface area (TPSA) is 40.5 Å². The molecule has 1 N–H and O–H groups in total. The lowest BCUT2D eigenvalue weighted by Gasteiger charge is -2.34. The minimum absolute atomic E-state index is 0.139. The second-order valence-corrected chi connectivity index (χ2v) is 6.23. The van der Waals surface area contributed by atoms with Crippen molar-refractivity contribution in [3.05, 3.63) is 71.8 Å². The van der Waals surface area contributed by atoms with E-state index in [-0.39, 0.29) is 24.3 Å². The van der Waals surface area contributed by atoms with Gasteiger partial charge in [0.25, 0.3) is 0 Å². The van der Waals surface area contributed by atoms with Gasteiger partial charge in [-0.05, 0) is 29.9 Å². The number of nitrogens with zero attached hydrogens (tertiary/aromatic N) is 1. The Morgan fingerprint density at radius 2 is 1.61 bits per heavy atom. The number of carbonyl (C=O) groups is 1. The summed E-state index contributed by atoms with van der Waals surface area (Å²) in [5.74, 6) is 0.0790. The highest BCUT2D eigenvalue weighted by Crippen LogP contribution is 2.28. The van der Waals surface area contributed by atoms with Crippen molar-refractivity contribution in [2.75, 3.05) is 19.7 Å². The summed E-state index contributed by atoms with van der Waals surface area (Å²) in [6.45, 7) is 1.60. The standard InChI is InChI=1S/C20H23NO2/c22-15-16-8-7-13-21(14-16)20(23)19(17-9-3-1-4-10-17)18-11-5-2-6-12-18/h1-6,9-12,16,19,22H,7-8,13-15H2. The van der Waals surface area contributed by atoms with Gasteiger partial charge in [0, 0.05) is 19.7 Å². The van der Waals surface area contributed by atoms with Crippen molar-refractivity contribution in [3.8, 4) is 0 Å². The molecule has 0 saturated carbocycles. The first kappa shape index (κ1) is 15.8. The predicted octanol–water partition coefficient (Wildman–Crippen LogP) is 3.05. The van der Waals surface area contributed by atoms with Gasteiger partial charge in [0.15, 0.2) is 0 Å². The molecule has 1 aliphatic rings. The molecule has 1 saturated heterocycles. The maximum absolute atomic E-state index is 13.2. The summed E-state index contributed by atoms with van der Waals surface area (Å²) in [6.07, 6.45) is 1.97. The fourth-order valence-corrected chi connectivity index (χ4v) is 3.37. The van der Waals surface area contributed by atoms with E-state index in [1.54, 1.807) is 0 Å². The van der Waals surface area contributed by atoms with Crippen molar-refractivity contribution >= 4 is 5.91 Å². The van der Waals surface area contributed by atoms with Crippen molar-refractivity contribution < 1.29 is 9.90 Å². The van der Waals surface area contributed by atoms with Crippen LogP contribution in [0.5, 0.6) is 0 Å². The van der Waals surface area contributed by atoms with Gasteiger partial charge in [-0.15, -0.1) is 0 Å². The Balaban J connectivity index is 1.91. The Morgan fingerprint density at radius 1 is 1.04 bits per heavy atom. The van der Waals surface area contributed by atoms with Gasteiger partial charge in [0.1, 0.15) is 0 Å². The SMILES string of the molecule is O=C(C(c1ccccc1)c1ccccc1)N1CCCC(CO)C1. The zero-order valence-electron chi connectivity index (χ0n) is 13.3. The maximum Gasteiger partial charge on any atom is 0.234 e. The molecule has 1 fully saturated rings. The Morgan fingerprint density at radius 3 is 2.13 bits per heavy atom. The molecule has 0 bridgehead atoms. The fraction of sp³-hybridized carbons (Fsp3) is 0.350. The summed E-state index contributed by atoms with van der Waals surface area (Å²) in [6, 6.07) is 19.9. The number of benzene rings is 2. The normalized spacial score (nSPS) is 18.2. The first-order valence-electron chi connectivity index (χ1n) is 8.29. The van der Waals surface area contributed by atoms with Crippen molar-refractivity contribution in [1.29, 1.82) is 0 Å². The predicted molar refractivity (Wildman–Crippen MR) is 91.1 cm³/mol. The minimum atomic E-state index is -0.269. The van der Waals surface area contributed by atoms with Crippen LogP contribution in [-0.2, 0) is 4.79 Å². The van der Waals surface area contributed by atoms with Crippen LogP contribution in [0, 0.1) is 5.92 Å². The third-order valence-corrected chi connectivity index (χ3v) is 4.60. The van der Waals surface area contributed by atoms with Crippen molar-refractivity contribution in [2.24, 2.45) is 5.92 Å². The van der Waals surface area contributed by atoms with Crippen molar-refractivity contribution in [3.63, 3.8) is 0 Å². The smallest absolute Gasteiger partial charge is 0.234 e. The van der Waals surface area contributed by atoms with Crippen molar-refractivity contribution in [2.45, 2.75) is 18.8 Å². The fourth-order valence-electron chi connectivity index (χ4n) is 3.37. The number of amides is 1. The average molecular weight is 309 g/mol. The summed E-state index contributed by atoms with van der Waals surface area (Å²) in [5.41, 5.74) is 2.05. The Kier molecular flexibility index (Phi) is 5.09. The van der Waals surface area contributed by atoms with E-state index in [0.29, 0.717) is 6.54 Å². The lowest BCUT2D eigenvalue weighted by molar-refractivity contribution is -0.134. The van der Waals surface area contributed by atoms with E-state index in [4.69, 9.17) is 0 Å². The molecule has 120 valence electrons. The second kappa shape index (κ2) is 7.42. The Bertz CT molecular complexity index is 587. The van der Waals surface area contributed by atoms with Crippen LogP contribution in [0.15, 0.2) is 60.7 Å². The molecule has 0 aromatic heterocycles. The molecule has 2 aromatic rings. The maximum atomic E-state index is 13.2. The summed E-state index contributed by atoms with van der Waals surface area (Å²) in [7, 11) is 0. The molecular formula is C20H23NO2. The minimum Gasteiger partial charge on any atom is -0.396 e. The first-order valence-corrected chi connectivity index (χ1v) is 8.29. The molecule has 3 rings (SSSR count). The summed E-state index contributed by atoms with van der Waals surface area (Å²) >= 11 is 0.